The number of amides is 1. The Hall–Kier alpha value is -1.39. The highest BCUT2D eigenvalue weighted by molar-refractivity contribution is 5.82. The predicted molar refractivity (Wildman–Crippen MR) is 86.2 cm³/mol. The van der Waals surface area contributed by atoms with Crippen molar-refractivity contribution in [3.05, 3.63) is 35.9 Å². The minimum absolute atomic E-state index is 0.0499. The fourth-order valence-electron chi connectivity index (χ4n) is 2.73. The Balaban J connectivity index is 2.67. The van der Waals surface area contributed by atoms with E-state index >= 15 is 0 Å². The molecule has 2 N–H and O–H groups in total. The van der Waals surface area contributed by atoms with Crippen molar-refractivity contribution in [2.45, 2.75) is 32.2 Å². The van der Waals surface area contributed by atoms with E-state index in [1.54, 1.807) is 0 Å². The van der Waals surface area contributed by atoms with E-state index in [-0.39, 0.29) is 30.4 Å². The molecule has 0 spiro atoms. The second kappa shape index (κ2) is 8.80. The normalized spacial score (nSPS) is 14.2. The summed E-state index contributed by atoms with van der Waals surface area (Å²) in [6, 6.07) is 9.89. The molecule has 4 nitrogen and oxygen atoms in total. The lowest BCUT2D eigenvalue weighted by Crippen LogP contribution is -2.47. The SMILES string of the molecule is CC(C)C(C(=O)NCC(CCO)c1ccccc1)N(C)C. The molecule has 2 unspecified atom stereocenters. The summed E-state index contributed by atoms with van der Waals surface area (Å²) in [5.74, 6) is 0.456. The van der Waals surface area contributed by atoms with Gasteiger partial charge in [-0.1, -0.05) is 44.2 Å². The molecule has 0 aliphatic rings. The van der Waals surface area contributed by atoms with Gasteiger partial charge >= 0.3 is 0 Å². The average Bonchev–Trinajstić information content (AvgIpc) is 2.43. The number of nitrogens with zero attached hydrogens (tertiary/aromatic N) is 1. The number of aliphatic hydroxyl groups excluding tert-OH is 1. The van der Waals surface area contributed by atoms with Crippen molar-refractivity contribution in [2.75, 3.05) is 27.2 Å². The molecular weight excluding hydrogens is 264 g/mol. The first kappa shape index (κ1) is 17.7. The molecule has 0 aromatic heterocycles. The van der Waals surface area contributed by atoms with Crippen LogP contribution in [0.4, 0.5) is 0 Å². The van der Waals surface area contributed by atoms with Crippen molar-refractivity contribution < 1.29 is 9.90 Å². The lowest BCUT2D eigenvalue weighted by atomic mass is 9.95. The number of hydrogen-bond donors (Lipinski definition) is 2. The number of hydrogen-bond acceptors (Lipinski definition) is 3. The van der Waals surface area contributed by atoms with Crippen molar-refractivity contribution in [2.24, 2.45) is 5.92 Å². The van der Waals surface area contributed by atoms with Crippen LogP contribution >= 0.6 is 0 Å². The summed E-state index contributed by atoms with van der Waals surface area (Å²) in [6.07, 6.45) is 0.651. The van der Waals surface area contributed by atoms with Crippen LogP contribution in [0.25, 0.3) is 0 Å². The van der Waals surface area contributed by atoms with Gasteiger partial charge in [-0.05, 0) is 32.0 Å². The van der Waals surface area contributed by atoms with Crippen LogP contribution in [0.15, 0.2) is 30.3 Å². The molecule has 0 heterocycles. The summed E-state index contributed by atoms with van der Waals surface area (Å²) >= 11 is 0. The van der Waals surface area contributed by atoms with Crippen LogP contribution in [0.5, 0.6) is 0 Å². The third kappa shape index (κ3) is 5.48. The Morgan fingerprint density at radius 3 is 2.33 bits per heavy atom. The zero-order valence-electron chi connectivity index (χ0n) is 13.5. The molecule has 1 rings (SSSR count). The van der Waals surface area contributed by atoms with Gasteiger partial charge in [-0.25, -0.2) is 0 Å². The van der Waals surface area contributed by atoms with Gasteiger partial charge in [0, 0.05) is 19.1 Å². The number of likely N-dealkylation sites (N-methyl/N-ethyl adjacent to an activating group) is 1. The first-order valence-corrected chi connectivity index (χ1v) is 7.57. The molecule has 1 amide bonds. The van der Waals surface area contributed by atoms with Crippen LogP contribution in [0.2, 0.25) is 0 Å². The monoisotopic (exact) mass is 292 g/mol. The van der Waals surface area contributed by atoms with Gasteiger partial charge in [-0.15, -0.1) is 0 Å². The van der Waals surface area contributed by atoms with E-state index in [0.29, 0.717) is 13.0 Å². The molecule has 0 bridgehead atoms. The molecule has 2 atom stereocenters. The molecule has 0 aliphatic carbocycles. The van der Waals surface area contributed by atoms with E-state index in [4.69, 9.17) is 0 Å². The summed E-state index contributed by atoms with van der Waals surface area (Å²) in [7, 11) is 3.85. The van der Waals surface area contributed by atoms with Crippen LogP contribution in [-0.2, 0) is 4.79 Å². The summed E-state index contributed by atoms with van der Waals surface area (Å²) < 4.78 is 0. The zero-order valence-corrected chi connectivity index (χ0v) is 13.5. The van der Waals surface area contributed by atoms with E-state index in [1.807, 2.05) is 63.2 Å². The molecule has 1 aromatic rings. The van der Waals surface area contributed by atoms with Gasteiger partial charge in [-0.2, -0.15) is 0 Å². The van der Waals surface area contributed by atoms with Crippen LogP contribution in [0.3, 0.4) is 0 Å². The van der Waals surface area contributed by atoms with Crippen molar-refractivity contribution in [3.8, 4) is 0 Å². The summed E-state index contributed by atoms with van der Waals surface area (Å²) in [4.78, 5) is 14.3. The molecule has 0 radical (unpaired) electrons. The lowest BCUT2D eigenvalue weighted by Gasteiger charge is -2.27. The number of carbonyl (C=O) groups excluding carboxylic acids is 1. The maximum absolute atomic E-state index is 12.4. The summed E-state index contributed by atoms with van der Waals surface area (Å²) in [5.41, 5.74) is 1.15. The minimum atomic E-state index is -0.129. The number of nitrogens with one attached hydrogen (secondary N) is 1. The molecule has 0 saturated heterocycles. The number of benzene rings is 1. The first-order chi connectivity index (χ1) is 9.97. The fourth-order valence-corrected chi connectivity index (χ4v) is 2.73. The van der Waals surface area contributed by atoms with Gasteiger partial charge in [-0.3, -0.25) is 9.69 Å². The van der Waals surface area contributed by atoms with E-state index in [1.165, 1.54) is 0 Å². The van der Waals surface area contributed by atoms with Crippen LogP contribution in [0.1, 0.15) is 31.7 Å². The van der Waals surface area contributed by atoms with Gasteiger partial charge in [0.2, 0.25) is 5.91 Å². The van der Waals surface area contributed by atoms with Gasteiger partial charge in [0.25, 0.3) is 0 Å². The third-order valence-corrected chi connectivity index (χ3v) is 3.73. The molecule has 0 saturated carbocycles. The highest BCUT2D eigenvalue weighted by Gasteiger charge is 2.24. The quantitative estimate of drug-likeness (QED) is 0.769. The highest BCUT2D eigenvalue weighted by Crippen LogP contribution is 2.18. The second-order valence-corrected chi connectivity index (χ2v) is 6.02. The zero-order chi connectivity index (χ0) is 15.8. The Morgan fingerprint density at radius 2 is 1.86 bits per heavy atom. The smallest absolute Gasteiger partial charge is 0.237 e. The predicted octanol–water partition coefficient (Wildman–Crippen LogP) is 1.85. The molecule has 0 fully saturated rings. The summed E-state index contributed by atoms with van der Waals surface area (Å²) in [6.45, 7) is 4.77. The topological polar surface area (TPSA) is 52.6 Å². The first-order valence-electron chi connectivity index (χ1n) is 7.57. The van der Waals surface area contributed by atoms with Crippen molar-refractivity contribution in [1.82, 2.24) is 10.2 Å². The molecule has 0 aliphatic heterocycles. The van der Waals surface area contributed by atoms with Crippen molar-refractivity contribution in [3.63, 3.8) is 0 Å². The van der Waals surface area contributed by atoms with E-state index in [2.05, 4.69) is 5.32 Å². The molecular formula is C17H28N2O2. The van der Waals surface area contributed by atoms with E-state index in [9.17, 15) is 9.90 Å². The van der Waals surface area contributed by atoms with Crippen LogP contribution in [0, 0.1) is 5.92 Å². The Kier molecular flexibility index (Phi) is 7.40. The number of carbonyl (C=O) groups is 1. The van der Waals surface area contributed by atoms with Crippen molar-refractivity contribution in [1.29, 1.82) is 0 Å². The van der Waals surface area contributed by atoms with Crippen LogP contribution < -0.4 is 5.32 Å². The third-order valence-electron chi connectivity index (χ3n) is 3.73. The second-order valence-electron chi connectivity index (χ2n) is 6.02. The van der Waals surface area contributed by atoms with Crippen LogP contribution in [-0.4, -0.2) is 49.2 Å². The fraction of sp³-hybridized carbons (Fsp3) is 0.588. The Bertz CT molecular complexity index is 410. The maximum Gasteiger partial charge on any atom is 0.237 e. The van der Waals surface area contributed by atoms with E-state index in [0.717, 1.165) is 5.56 Å². The number of aliphatic hydroxyl groups is 1. The molecule has 1 aromatic carbocycles. The maximum atomic E-state index is 12.4. The molecule has 4 heteroatoms. The number of rotatable bonds is 8. The molecule has 118 valence electrons. The minimum Gasteiger partial charge on any atom is -0.396 e. The van der Waals surface area contributed by atoms with Gasteiger partial charge < -0.3 is 10.4 Å². The Labute approximate surface area is 128 Å². The highest BCUT2D eigenvalue weighted by atomic mass is 16.3. The average molecular weight is 292 g/mol. The van der Waals surface area contributed by atoms with E-state index < -0.39 is 0 Å². The standard InChI is InChI=1S/C17H28N2O2/c1-13(2)16(19(3)4)17(21)18-12-15(10-11-20)14-8-6-5-7-9-14/h5-9,13,15-16,20H,10-12H2,1-4H3,(H,18,21). The van der Waals surface area contributed by atoms with Gasteiger partial charge in [0.05, 0.1) is 6.04 Å². The van der Waals surface area contributed by atoms with Gasteiger partial charge in [0.1, 0.15) is 0 Å². The van der Waals surface area contributed by atoms with Gasteiger partial charge in [0.15, 0.2) is 0 Å². The Morgan fingerprint density at radius 1 is 1.24 bits per heavy atom. The lowest BCUT2D eigenvalue weighted by molar-refractivity contribution is -0.127. The van der Waals surface area contributed by atoms with Crippen molar-refractivity contribution >= 4 is 5.91 Å². The summed E-state index contributed by atoms with van der Waals surface area (Å²) in [5, 5.41) is 12.3. The molecule has 21 heavy (non-hydrogen) atoms. The largest absolute Gasteiger partial charge is 0.396 e.